The molecular formula is C36H38FN5O3S. The molecule has 8 nitrogen and oxygen atoms in total. The van der Waals surface area contributed by atoms with E-state index >= 15 is 0 Å². The summed E-state index contributed by atoms with van der Waals surface area (Å²) < 4.78 is 19.6. The fraction of sp³-hybridized carbons (Fsp3) is 0.333. The number of aromatic nitrogens is 2. The number of thioether (sulfide) groups is 1. The number of nitrogens with zero attached hydrogens (tertiary/aromatic N) is 5. The zero-order chi connectivity index (χ0) is 31.9. The predicted molar refractivity (Wildman–Crippen MR) is 180 cm³/mol. The number of halogens is 1. The molecule has 1 amide bonds. The lowest BCUT2D eigenvalue weighted by Crippen LogP contribution is -2.47. The van der Waals surface area contributed by atoms with Crippen LogP contribution < -0.4 is 9.80 Å². The van der Waals surface area contributed by atoms with Crippen LogP contribution in [0.3, 0.4) is 0 Å². The summed E-state index contributed by atoms with van der Waals surface area (Å²) in [5.74, 6) is 0.746. The van der Waals surface area contributed by atoms with E-state index in [1.54, 1.807) is 29.7 Å². The number of carbonyl (C=O) groups is 2. The number of piperazine rings is 1. The van der Waals surface area contributed by atoms with Gasteiger partial charge in [-0.05, 0) is 49.6 Å². The van der Waals surface area contributed by atoms with Gasteiger partial charge in [0.15, 0.2) is 5.16 Å². The average Bonchev–Trinajstić information content (AvgIpc) is 3.11. The second-order valence-corrected chi connectivity index (χ2v) is 12.5. The number of hydrogen-bond donors (Lipinski definition) is 0. The molecule has 0 radical (unpaired) electrons. The van der Waals surface area contributed by atoms with Crippen molar-refractivity contribution in [1.82, 2.24) is 14.9 Å². The number of ether oxygens (including phenoxy) is 1. The molecule has 0 unspecified atom stereocenters. The third-order valence-electron chi connectivity index (χ3n) is 8.46. The maximum Gasteiger partial charge on any atom is 0.310 e. The number of amides is 1. The molecule has 238 valence electrons. The van der Waals surface area contributed by atoms with Crippen LogP contribution >= 0.6 is 11.8 Å². The monoisotopic (exact) mass is 639 g/mol. The number of para-hydroxylation sites is 1. The molecule has 2 aliphatic rings. The van der Waals surface area contributed by atoms with Crippen LogP contribution in [0, 0.1) is 11.7 Å². The summed E-state index contributed by atoms with van der Waals surface area (Å²) in [4.78, 5) is 41.4. The first kappa shape index (κ1) is 31.5. The second kappa shape index (κ2) is 14.8. The van der Waals surface area contributed by atoms with Crippen molar-refractivity contribution in [2.45, 2.75) is 30.7 Å². The first-order chi connectivity index (χ1) is 22.5. The lowest BCUT2D eigenvalue weighted by molar-refractivity contribution is -0.149. The van der Waals surface area contributed by atoms with E-state index in [1.165, 1.54) is 6.07 Å². The molecule has 3 heterocycles. The molecule has 3 aromatic carbocycles. The van der Waals surface area contributed by atoms with Crippen LogP contribution in [0.1, 0.15) is 35.7 Å². The fourth-order valence-corrected chi connectivity index (χ4v) is 6.78. The van der Waals surface area contributed by atoms with E-state index in [4.69, 9.17) is 14.7 Å². The molecule has 46 heavy (non-hydrogen) atoms. The number of likely N-dealkylation sites (tertiary alicyclic amines) is 1. The summed E-state index contributed by atoms with van der Waals surface area (Å²) in [7, 11) is 0. The van der Waals surface area contributed by atoms with E-state index in [0.717, 1.165) is 48.6 Å². The maximum absolute atomic E-state index is 14.4. The smallest absolute Gasteiger partial charge is 0.310 e. The van der Waals surface area contributed by atoms with Crippen LogP contribution in [-0.2, 0) is 15.3 Å². The normalized spacial score (nSPS) is 16.7. The standard InChI is InChI=1S/C36H38FN5O3S/c1-2-45-35(44)29-11-8-18-42(24-29)34(43)28-16-14-26(15-17-28)25-46-36-38-31(27-9-4-3-5-10-27)23-33(39-36)41-21-19-40(20-22-41)32-13-7-6-12-30(32)37/h3-7,9-10,12-17,23,29H,2,8,11,18-22,24-25H2,1H3/t29-/m1/s1. The SMILES string of the molecule is CCOC(=O)[C@@H]1CCCN(C(=O)c2ccc(CSc3nc(-c4ccccc4)cc(N4CCN(c5ccccc5F)CC4)n3)cc2)C1. The van der Waals surface area contributed by atoms with Crippen LogP contribution in [0.25, 0.3) is 11.3 Å². The minimum atomic E-state index is -0.263. The summed E-state index contributed by atoms with van der Waals surface area (Å²) in [6.45, 7) is 6.01. The molecule has 6 rings (SSSR count). The van der Waals surface area contributed by atoms with Gasteiger partial charge in [0, 0.05) is 62.2 Å². The van der Waals surface area contributed by atoms with E-state index in [-0.39, 0.29) is 23.6 Å². The predicted octanol–water partition coefficient (Wildman–Crippen LogP) is 6.32. The first-order valence-corrected chi connectivity index (χ1v) is 16.8. The fourth-order valence-electron chi connectivity index (χ4n) is 5.97. The Kier molecular flexibility index (Phi) is 10.1. The molecule has 1 atom stereocenters. The van der Waals surface area contributed by atoms with Gasteiger partial charge in [-0.25, -0.2) is 14.4 Å². The molecule has 2 aliphatic heterocycles. The van der Waals surface area contributed by atoms with Crippen molar-refractivity contribution in [3.05, 3.63) is 102 Å². The Morgan fingerprint density at radius 2 is 1.61 bits per heavy atom. The lowest BCUT2D eigenvalue weighted by Gasteiger charge is -2.37. The van der Waals surface area contributed by atoms with Gasteiger partial charge in [-0.15, -0.1) is 0 Å². The lowest BCUT2D eigenvalue weighted by atomic mass is 9.97. The summed E-state index contributed by atoms with van der Waals surface area (Å²) in [5, 5.41) is 0.673. The maximum atomic E-state index is 14.4. The third-order valence-corrected chi connectivity index (χ3v) is 9.37. The highest BCUT2D eigenvalue weighted by Gasteiger charge is 2.30. The first-order valence-electron chi connectivity index (χ1n) is 15.8. The van der Waals surface area contributed by atoms with Crippen LogP contribution in [0.15, 0.2) is 90.1 Å². The second-order valence-electron chi connectivity index (χ2n) is 11.5. The number of piperidine rings is 1. The molecule has 0 spiro atoms. The molecule has 2 saturated heterocycles. The summed E-state index contributed by atoms with van der Waals surface area (Å²) in [5.41, 5.74) is 4.17. The van der Waals surface area contributed by atoms with Gasteiger partial charge in [0.05, 0.1) is 23.9 Å². The van der Waals surface area contributed by atoms with Gasteiger partial charge in [0.2, 0.25) is 0 Å². The largest absolute Gasteiger partial charge is 0.466 e. The van der Waals surface area contributed by atoms with E-state index < -0.39 is 0 Å². The van der Waals surface area contributed by atoms with Gasteiger partial charge in [0.1, 0.15) is 11.6 Å². The Morgan fingerprint density at radius 3 is 2.35 bits per heavy atom. The van der Waals surface area contributed by atoms with E-state index in [1.807, 2.05) is 72.8 Å². The molecule has 10 heteroatoms. The Bertz CT molecular complexity index is 1650. The number of rotatable bonds is 9. The van der Waals surface area contributed by atoms with Gasteiger partial charge in [0.25, 0.3) is 5.91 Å². The Hall–Kier alpha value is -4.44. The van der Waals surface area contributed by atoms with Crippen LogP contribution in [-0.4, -0.2) is 72.6 Å². The molecular weight excluding hydrogens is 601 g/mol. The average molecular weight is 640 g/mol. The Labute approximate surface area is 273 Å². The van der Waals surface area contributed by atoms with Crippen molar-refractivity contribution in [2.24, 2.45) is 5.92 Å². The minimum absolute atomic E-state index is 0.0631. The Morgan fingerprint density at radius 1 is 0.891 bits per heavy atom. The molecule has 1 aromatic heterocycles. The van der Waals surface area contributed by atoms with Gasteiger partial charge in [-0.1, -0.05) is 66.4 Å². The zero-order valence-electron chi connectivity index (χ0n) is 26.0. The van der Waals surface area contributed by atoms with Gasteiger partial charge in [-0.3, -0.25) is 9.59 Å². The molecule has 2 fully saturated rings. The molecule has 0 bridgehead atoms. The van der Waals surface area contributed by atoms with Gasteiger partial charge >= 0.3 is 5.97 Å². The van der Waals surface area contributed by atoms with Crippen LogP contribution in [0.5, 0.6) is 0 Å². The van der Waals surface area contributed by atoms with Crippen molar-refractivity contribution in [3.8, 4) is 11.3 Å². The molecule has 0 saturated carbocycles. The number of carbonyl (C=O) groups excluding carboxylic acids is 2. The summed E-state index contributed by atoms with van der Waals surface area (Å²) >= 11 is 1.55. The van der Waals surface area contributed by atoms with Crippen molar-refractivity contribution in [1.29, 1.82) is 0 Å². The van der Waals surface area contributed by atoms with Crippen molar-refractivity contribution in [2.75, 3.05) is 55.7 Å². The topological polar surface area (TPSA) is 78.9 Å². The minimum Gasteiger partial charge on any atom is -0.466 e. The number of hydrogen-bond acceptors (Lipinski definition) is 8. The molecule has 4 aromatic rings. The quantitative estimate of drug-likeness (QED) is 0.120. The number of anilines is 2. The van der Waals surface area contributed by atoms with Crippen molar-refractivity contribution >= 4 is 35.1 Å². The van der Waals surface area contributed by atoms with Crippen molar-refractivity contribution in [3.63, 3.8) is 0 Å². The number of esters is 1. The van der Waals surface area contributed by atoms with Gasteiger partial charge in [-0.2, -0.15) is 0 Å². The Balaban J connectivity index is 1.13. The highest BCUT2D eigenvalue weighted by atomic mass is 32.2. The van der Waals surface area contributed by atoms with Crippen LogP contribution in [0.4, 0.5) is 15.9 Å². The van der Waals surface area contributed by atoms with Gasteiger partial charge < -0.3 is 19.4 Å². The molecule has 0 N–H and O–H groups in total. The van der Waals surface area contributed by atoms with E-state index in [9.17, 15) is 14.0 Å². The summed E-state index contributed by atoms with van der Waals surface area (Å²) in [6.07, 6.45) is 1.53. The van der Waals surface area contributed by atoms with E-state index in [2.05, 4.69) is 9.80 Å². The third kappa shape index (κ3) is 7.50. The zero-order valence-corrected chi connectivity index (χ0v) is 26.8. The number of benzene rings is 3. The van der Waals surface area contributed by atoms with E-state index in [0.29, 0.717) is 54.9 Å². The van der Waals surface area contributed by atoms with Crippen molar-refractivity contribution < 1.29 is 18.7 Å². The summed E-state index contributed by atoms with van der Waals surface area (Å²) in [6, 6.07) is 26.7. The highest BCUT2D eigenvalue weighted by molar-refractivity contribution is 7.98. The highest BCUT2D eigenvalue weighted by Crippen LogP contribution is 2.29. The van der Waals surface area contributed by atoms with Crippen LogP contribution in [0.2, 0.25) is 0 Å². The molecule has 0 aliphatic carbocycles.